The molecule has 0 aromatic carbocycles. The van der Waals surface area contributed by atoms with Crippen molar-refractivity contribution in [1.29, 1.82) is 0 Å². The zero-order chi connectivity index (χ0) is 15.1. The van der Waals surface area contributed by atoms with Crippen LogP contribution in [0.5, 0.6) is 0 Å². The number of carbonyl (C=O) groups excluding carboxylic acids is 2. The van der Waals surface area contributed by atoms with Gasteiger partial charge in [-0.05, 0) is 18.1 Å². The Labute approximate surface area is 118 Å². The molecular weight excluding hydrogens is 260 g/mol. The molecular formula is C15H20O5. The highest BCUT2D eigenvalue weighted by Gasteiger charge is 2.38. The van der Waals surface area contributed by atoms with Gasteiger partial charge in [0.1, 0.15) is 5.76 Å². The van der Waals surface area contributed by atoms with Crippen molar-refractivity contribution in [3.05, 3.63) is 36.3 Å². The largest absolute Gasteiger partial charge is 0.469 e. The van der Waals surface area contributed by atoms with Crippen LogP contribution in [0.3, 0.4) is 0 Å². The van der Waals surface area contributed by atoms with E-state index in [0.29, 0.717) is 5.76 Å². The summed E-state index contributed by atoms with van der Waals surface area (Å²) in [4.78, 5) is 23.8. The Morgan fingerprint density at radius 3 is 2.15 bits per heavy atom. The molecule has 0 aliphatic heterocycles. The lowest BCUT2D eigenvalue weighted by molar-refractivity contribution is -0.159. The Hall–Kier alpha value is -2.04. The predicted molar refractivity (Wildman–Crippen MR) is 72.9 cm³/mol. The van der Waals surface area contributed by atoms with Crippen molar-refractivity contribution < 1.29 is 23.5 Å². The topological polar surface area (TPSA) is 65.7 Å². The molecule has 0 saturated carbocycles. The Balaban J connectivity index is 3.17. The van der Waals surface area contributed by atoms with Crippen molar-refractivity contribution in [2.45, 2.75) is 19.8 Å². The van der Waals surface area contributed by atoms with Gasteiger partial charge in [-0.3, -0.25) is 9.59 Å². The molecule has 0 radical (unpaired) electrons. The van der Waals surface area contributed by atoms with Crippen LogP contribution in [0.2, 0.25) is 0 Å². The minimum atomic E-state index is -1.08. The first-order chi connectivity index (χ1) is 9.51. The summed E-state index contributed by atoms with van der Waals surface area (Å²) in [6, 6.07) is 3.42. The molecule has 0 aliphatic rings. The van der Waals surface area contributed by atoms with Gasteiger partial charge < -0.3 is 13.9 Å². The van der Waals surface area contributed by atoms with Gasteiger partial charge in [0.15, 0.2) is 5.92 Å². The van der Waals surface area contributed by atoms with Crippen LogP contribution in [0, 0.1) is 11.8 Å². The van der Waals surface area contributed by atoms with Gasteiger partial charge in [0.2, 0.25) is 0 Å². The van der Waals surface area contributed by atoms with Crippen LogP contribution < -0.4 is 0 Å². The standard InChI is InChI=1S/C15H20O5/c1-10(2)7-8-11(12-6-5-9-20-12)13(14(16)18-3)15(17)19-4/h5-11,13H,1-4H3/b8-7+/t11-/m0/s1. The molecule has 0 saturated heterocycles. The number of esters is 2. The van der Waals surface area contributed by atoms with Gasteiger partial charge in [0.25, 0.3) is 0 Å². The average Bonchev–Trinajstić information content (AvgIpc) is 2.95. The third-order valence-electron chi connectivity index (χ3n) is 2.84. The minimum absolute atomic E-state index is 0.281. The Morgan fingerprint density at radius 2 is 1.75 bits per heavy atom. The summed E-state index contributed by atoms with van der Waals surface area (Å²) >= 11 is 0. The fourth-order valence-corrected chi connectivity index (χ4v) is 1.84. The van der Waals surface area contributed by atoms with Gasteiger partial charge in [-0.25, -0.2) is 0 Å². The summed E-state index contributed by atoms with van der Waals surface area (Å²) in [5.74, 6) is -2.12. The third-order valence-corrected chi connectivity index (χ3v) is 2.84. The smallest absolute Gasteiger partial charge is 0.321 e. The summed E-state index contributed by atoms with van der Waals surface area (Å²) in [6.45, 7) is 4.00. The number of allylic oxidation sites excluding steroid dienone is 2. The van der Waals surface area contributed by atoms with Crippen molar-refractivity contribution in [2.24, 2.45) is 11.8 Å². The fraction of sp³-hybridized carbons (Fsp3) is 0.467. The maximum atomic E-state index is 11.9. The quantitative estimate of drug-likeness (QED) is 0.455. The first-order valence-corrected chi connectivity index (χ1v) is 6.38. The van der Waals surface area contributed by atoms with E-state index in [2.05, 4.69) is 0 Å². The SMILES string of the molecule is COC(=O)C(C(=O)OC)[C@@H](/C=C/C(C)C)c1ccco1. The Kier molecular flexibility index (Phi) is 6.03. The zero-order valence-electron chi connectivity index (χ0n) is 12.2. The predicted octanol–water partition coefficient (Wildman–Crippen LogP) is 2.54. The van der Waals surface area contributed by atoms with Gasteiger partial charge in [-0.15, -0.1) is 0 Å². The molecule has 0 N–H and O–H groups in total. The first kappa shape index (κ1) is 16.0. The Morgan fingerprint density at radius 1 is 1.15 bits per heavy atom. The molecule has 5 nitrogen and oxygen atoms in total. The van der Waals surface area contributed by atoms with Crippen molar-refractivity contribution in [1.82, 2.24) is 0 Å². The first-order valence-electron chi connectivity index (χ1n) is 6.38. The summed E-state index contributed by atoms with van der Waals surface area (Å²) in [5.41, 5.74) is 0. The van der Waals surface area contributed by atoms with E-state index >= 15 is 0 Å². The van der Waals surface area contributed by atoms with Crippen molar-refractivity contribution in [3.8, 4) is 0 Å². The van der Waals surface area contributed by atoms with Gasteiger partial charge in [0.05, 0.1) is 26.4 Å². The second-order valence-electron chi connectivity index (χ2n) is 4.69. The van der Waals surface area contributed by atoms with Gasteiger partial charge in [0, 0.05) is 0 Å². The number of carbonyl (C=O) groups is 2. The van der Waals surface area contributed by atoms with Crippen molar-refractivity contribution >= 4 is 11.9 Å². The van der Waals surface area contributed by atoms with Crippen LogP contribution in [-0.2, 0) is 19.1 Å². The lowest BCUT2D eigenvalue weighted by Crippen LogP contribution is -2.31. The van der Waals surface area contributed by atoms with E-state index in [-0.39, 0.29) is 5.92 Å². The molecule has 1 aromatic rings. The van der Waals surface area contributed by atoms with Gasteiger partial charge >= 0.3 is 11.9 Å². The number of hydrogen-bond acceptors (Lipinski definition) is 5. The lowest BCUT2D eigenvalue weighted by Gasteiger charge is -2.19. The molecule has 20 heavy (non-hydrogen) atoms. The van der Waals surface area contributed by atoms with Crippen LogP contribution >= 0.6 is 0 Å². The van der Waals surface area contributed by atoms with E-state index in [4.69, 9.17) is 13.9 Å². The molecule has 5 heteroatoms. The molecule has 110 valence electrons. The number of rotatable bonds is 6. The summed E-state index contributed by atoms with van der Waals surface area (Å²) < 4.78 is 14.7. The van der Waals surface area contributed by atoms with Gasteiger partial charge in [-0.1, -0.05) is 26.0 Å². The van der Waals surface area contributed by atoms with Crippen LogP contribution in [0.4, 0.5) is 0 Å². The maximum absolute atomic E-state index is 11.9. The molecule has 0 fully saturated rings. The van der Waals surface area contributed by atoms with Crippen LogP contribution in [0.25, 0.3) is 0 Å². The third kappa shape index (κ3) is 3.98. The van der Waals surface area contributed by atoms with E-state index in [1.165, 1.54) is 20.5 Å². The van der Waals surface area contributed by atoms with Crippen molar-refractivity contribution in [2.75, 3.05) is 14.2 Å². The highest BCUT2D eigenvalue weighted by Crippen LogP contribution is 2.29. The maximum Gasteiger partial charge on any atom is 0.321 e. The molecule has 1 aromatic heterocycles. The highest BCUT2D eigenvalue weighted by atomic mass is 16.5. The number of methoxy groups -OCH3 is 2. The molecule has 1 atom stereocenters. The molecule has 0 spiro atoms. The van der Waals surface area contributed by atoms with Crippen LogP contribution in [-0.4, -0.2) is 26.2 Å². The number of hydrogen-bond donors (Lipinski definition) is 0. The van der Waals surface area contributed by atoms with E-state index < -0.39 is 23.8 Å². The number of furan rings is 1. The second kappa shape index (κ2) is 7.53. The van der Waals surface area contributed by atoms with Crippen LogP contribution in [0.15, 0.2) is 35.0 Å². The lowest BCUT2D eigenvalue weighted by atomic mass is 9.88. The van der Waals surface area contributed by atoms with Gasteiger partial charge in [-0.2, -0.15) is 0 Å². The fourth-order valence-electron chi connectivity index (χ4n) is 1.84. The van der Waals surface area contributed by atoms with Crippen molar-refractivity contribution in [3.63, 3.8) is 0 Å². The molecule has 0 bridgehead atoms. The summed E-state index contributed by atoms with van der Waals surface area (Å²) in [7, 11) is 2.48. The molecule has 0 amide bonds. The second-order valence-corrected chi connectivity index (χ2v) is 4.69. The molecule has 0 aliphatic carbocycles. The van der Waals surface area contributed by atoms with E-state index in [9.17, 15) is 9.59 Å². The summed E-state index contributed by atoms with van der Waals surface area (Å²) in [6.07, 6.45) is 5.19. The van der Waals surface area contributed by atoms with E-state index in [1.54, 1.807) is 18.2 Å². The zero-order valence-corrected chi connectivity index (χ0v) is 12.2. The average molecular weight is 280 g/mol. The molecule has 1 heterocycles. The Bertz CT molecular complexity index is 443. The monoisotopic (exact) mass is 280 g/mol. The van der Waals surface area contributed by atoms with Crippen LogP contribution in [0.1, 0.15) is 25.5 Å². The highest BCUT2D eigenvalue weighted by molar-refractivity contribution is 5.96. The normalized spacial score (nSPS) is 12.9. The van der Waals surface area contributed by atoms with E-state index in [0.717, 1.165) is 0 Å². The summed E-state index contributed by atoms with van der Waals surface area (Å²) in [5, 5.41) is 0. The van der Waals surface area contributed by atoms with E-state index in [1.807, 2.05) is 19.9 Å². The minimum Gasteiger partial charge on any atom is -0.469 e. The molecule has 1 rings (SSSR count). The molecule has 0 unspecified atom stereocenters. The number of ether oxygens (including phenoxy) is 2.